The summed E-state index contributed by atoms with van der Waals surface area (Å²) in [5.41, 5.74) is 2.03. The number of carbonyl (C=O) groups is 1. The van der Waals surface area contributed by atoms with Crippen molar-refractivity contribution in [1.29, 1.82) is 0 Å². The Kier molecular flexibility index (Phi) is 4.15. The summed E-state index contributed by atoms with van der Waals surface area (Å²) in [6, 6.07) is 5.50. The Labute approximate surface area is 97.9 Å². The molecule has 1 aromatic rings. The molecule has 1 N–H and O–H groups in total. The molecule has 82 valence electrons. The van der Waals surface area contributed by atoms with Crippen LogP contribution >= 0.6 is 15.9 Å². The van der Waals surface area contributed by atoms with Crippen molar-refractivity contribution in [1.82, 2.24) is 0 Å². The Morgan fingerprint density at radius 3 is 2.73 bits per heavy atom. The predicted octanol–water partition coefficient (Wildman–Crippen LogP) is 2.73. The van der Waals surface area contributed by atoms with Gasteiger partial charge in [0.25, 0.3) is 0 Å². The van der Waals surface area contributed by atoms with Gasteiger partial charge in [-0.1, -0.05) is 15.9 Å². The molecular weight excluding hydrogens is 258 g/mol. The molecule has 0 aliphatic rings. The highest BCUT2D eigenvalue weighted by molar-refractivity contribution is 9.10. The van der Waals surface area contributed by atoms with E-state index in [0.29, 0.717) is 0 Å². The van der Waals surface area contributed by atoms with Crippen LogP contribution in [0.3, 0.4) is 0 Å². The minimum atomic E-state index is -0.337. The quantitative estimate of drug-likeness (QED) is 0.860. The molecule has 3 nitrogen and oxygen atoms in total. The maximum absolute atomic E-state index is 11.2. The van der Waals surface area contributed by atoms with Crippen LogP contribution in [0.15, 0.2) is 22.7 Å². The maximum atomic E-state index is 11.2. The zero-order valence-corrected chi connectivity index (χ0v) is 10.6. The molecule has 0 heterocycles. The van der Waals surface area contributed by atoms with Crippen LogP contribution in [-0.2, 0) is 9.53 Å². The Hall–Kier alpha value is -1.03. The fraction of sp³-hybridized carbons (Fsp3) is 0.364. The van der Waals surface area contributed by atoms with Crippen molar-refractivity contribution in [2.24, 2.45) is 0 Å². The molecule has 1 aromatic carbocycles. The van der Waals surface area contributed by atoms with E-state index < -0.39 is 0 Å². The number of nitrogens with one attached hydrogen (secondary N) is 1. The van der Waals surface area contributed by atoms with Crippen molar-refractivity contribution in [3.8, 4) is 0 Å². The summed E-state index contributed by atoms with van der Waals surface area (Å²) in [5.74, 6) is -0.268. The first-order chi connectivity index (χ1) is 7.04. The molecule has 4 heteroatoms. The van der Waals surface area contributed by atoms with Crippen LogP contribution in [0, 0.1) is 6.92 Å². The number of anilines is 1. The van der Waals surface area contributed by atoms with Crippen molar-refractivity contribution in [2.45, 2.75) is 19.9 Å². The molecule has 0 aromatic heterocycles. The van der Waals surface area contributed by atoms with Gasteiger partial charge >= 0.3 is 5.97 Å². The number of aryl methyl sites for hydroxylation is 1. The van der Waals surface area contributed by atoms with Crippen molar-refractivity contribution in [2.75, 3.05) is 12.4 Å². The molecule has 0 fully saturated rings. The Morgan fingerprint density at radius 2 is 2.20 bits per heavy atom. The SMILES string of the molecule is COC(=O)C(C)Nc1ccc(Br)c(C)c1. The highest BCUT2D eigenvalue weighted by atomic mass is 79.9. The number of carbonyl (C=O) groups excluding carboxylic acids is 1. The van der Waals surface area contributed by atoms with Crippen LogP contribution in [0.5, 0.6) is 0 Å². The van der Waals surface area contributed by atoms with Crippen LogP contribution < -0.4 is 5.32 Å². The first kappa shape index (κ1) is 12.0. The lowest BCUT2D eigenvalue weighted by Crippen LogP contribution is -2.27. The van der Waals surface area contributed by atoms with Crippen molar-refractivity contribution in [3.63, 3.8) is 0 Å². The molecule has 0 radical (unpaired) electrons. The summed E-state index contributed by atoms with van der Waals surface area (Å²) in [6.45, 7) is 3.77. The lowest BCUT2D eigenvalue weighted by molar-refractivity contribution is -0.141. The van der Waals surface area contributed by atoms with Gasteiger partial charge in [0.05, 0.1) is 7.11 Å². The summed E-state index contributed by atoms with van der Waals surface area (Å²) in [7, 11) is 1.38. The van der Waals surface area contributed by atoms with Crippen LogP contribution in [0.25, 0.3) is 0 Å². The molecule has 0 bridgehead atoms. The molecule has 1 atom stereocenters. The molecule has 0 aliphatic heterocycles. The normalized spacial score (nSPS) is 12.0. The highest BCUT2D eigenvalue weighted by Gasteiger charge is 2.12. The lowest BCUT2D eigenvalue weighted by Gasteiger charge is -2.13. The lowest BCUT2D eigenvalue weighted by atomic mass is 10.2. The van der Waals surface area contributed by atoms with Crippen LogP contribution in [-0.4, -0.2) is 19.1 Å². The van der Waals surface area contributed by atoms with E-state index in [4.69, 9.17) is 0 Å². The Morgan fingerprint density at radius 1 is 1.53 bits per heavy atom. The van der Waals surface area contributed by atoms with Crippen molar-refractivity contribution >= 4 is 27.6 Å². The number of hydrogen-bond donors (Lipinski definition) is 1. The smallest absolute Gasteiger partial charge is 0.327 e. The second-order valence-electron chi connectivity index (χ2n) is 3.35. The van der Waals surface area contributed by atoms with E-state index in [0.717, 1.165) is 15.7 Å². The van der Waals surface area contributed by atoms with E-state index in [-0.39, 0.29) is 12.0 Å². The first-order valence-corrected chi connectivity index (χ1v) is 5.44. The van der Waals surface area contributed by atoms with Gasteiger partial charge in [-0.2, -0.15) is 0 Å². The molecule has 0 saturated heterocycles. The summed E-state index contributed by atoms with van der Waals surface area (Å²) in [6.07, 6.45) is 0. The molecule has 0 spiro atoms. The van der Waals surface area contributed by atoms with Gasteiger partial charge < -0.3 is 10.1 Å². The van der Waals surface area contributed by atoms with Gasteiger partial charge in [0.1, 0.15) is 6.04 Å². The summed E-state index contributed by atoms with van der Waals surface area (Å²) in [4.78, 5) is 11.2. The van der Waals surface area contributed by atoms with Gasteiger partial charge in [-0.05, 0) is 37.6 Å². The minimum absolute atomic E-state index is 0.268. The van der Waals surface area contributed by atoms with E-state index in [1.807, 2.05) is 25.1 Å². The second kappa shape index (κ2) is 5.16. The van der Waals surface area contributed by atoms with Gasteiger partial charge in [-0.15, -0.1) is 0 Å². The number of hydrogen-bond acceptors (Lipinski definition) is 3. The fourth-order valence-corrected chi connectivity index (χ4v) is 1.47. The van der Waals surface area contributed by atoms with E-state index in [2.05, 4.69) is 26.0 Å². The minimum Gasteiger partial charge on any atom is -0.467 e. The number of methoxy groups -OCH3 is 1. The predicted molar refractivity (Wildman–Crippen MR) is 64.0 cm³/mol. The molecule has 0 aliphatic carbocycles. The van der Waals surface area contributed by atoms with Crippen LogP contribution in [0.2, 0.25) is 0 Å². The van der Waals surface area contributed by atoms with E-state index in [9.17, 15) is 4.79 Å². The molecule has 0 amide bonds. The van der Waals surface area contributed by atoms with Crippen LogP contribution in [0.1, 0.15) is 12.5 Å². The third kappa shape index (κ3) is 3.23. The Balaban J connectivity index is 2.73. The third-order valence-corrected chi connectivity index (χ3v) is 2.99. The zero-order chi connectivity index (χ0) is 11.4. The van der Waals surface area contributed by atoms with Gasteiger partial charge in [0.15, 0.2) is 0 Å². The summed E-state index contributed by atoms with van der Waals surface area (Å²) >= 11 is 3.42. The zero-order valence-electron chi connectivity index (χ0n) is 9.00. The molecule has 1 unspecified atom stereocenters. The molecule has 0 saturated carbocycles. The van der Waals surface area contributed by atoms with E-state index in [1.54, 1.807) is 6.92 Å². The van der Waals surface area contributed by atoms with Gasteiger partial charge in [0.2, 0.25) is 0 Å². The number of benzene rings is 1. The van der Waals surface area contributed by atoms with Crippen molar-refractivity contribution < 1.29 is 9.53 Å². The fourth-order valence-electron chi connectivity index (χ4n) is 1.22. The average Bonchev–Trinajstić information content (AvgIpc) is 2.22. The van der Waals surface area contributed by atoms with E-state index in [1.165, 1.54) is 7.11 Å². The third-order valence-electron chi connectivity index (χ3n) is 2.10. The Bertz CT molecular complexity index is 366. The first-order valence-electron chi connectivity index (χ1n) is 4.65. The number of ether oxygens (including phenoxy) is 1. The summed E-state index contributed by atoms with van der Waals surface area (Å²) in [5, 5.41) is 3.07. The largest absolute Gasteiger partial charge is 0.467 e. The molecule has 1 rings (SSSR count). The number of halogens is 1. The second-order valence-corrected chi connectivity index (χ2v) is 4.21. The molecule has 15 heavy (non-hydrogen) atoms. The molecular formula is C11H14BrNO2. The van der Waals surface area contributed by atoms with Crippen molar-refractivity contribution in [3.05, 3.63) is 28.2 Å². The van der Waals surface area contributed by atoms with Crippen LogP contribution in [0.4, 0.5) is 5.69 Å². The van der Waals surface area contributed by atoms with E-state index >= 15 is 0 Å². The maximum Gasteiger partial charge on any atom is 0.327 e. The van der Waals surface area contributed by atoms with Gasteiger partial charge in [-0.3, -0.25) is 0 Å². The number of rotatable bonds is 3. The number of esters is 1. The standard InChI is InChI=1S/C11H14BrNO2/c1-7-6-9(4-5-10(7)12)13-8(2)11(14)15-3/h4-6,8,13H,1-3H3. The van der Waals surface area contributed by atoms with Gasteiger partial charge in [-0.25, -0.2) is 4.79 Å². The average molecular weight is 272 g/mol. The summed E-state index contributed by atoms with van der Waals surface area (Å²) < 4.78 is 5.68. The van der Waals surface area contributed by atoms with Gasteiger partial charge in [0, 0.05) is 10.2 Å². The highest BCUT2D eigenvalue weighted by Crippen LogP contribution is 2.20. The monoisotopic (exact) mass is 271 g/mol. The topological polar surface area (TPSA) is 38.3 Å².